The monoisotopic (exact) mass is 189 g/mol. The second-order valence-electron chi connectivity index (χ2n) is 3.12. The molecule has 1 heterocycles. The standard InChI is InChI=1S/C11H11NO2/c1-8-5-9(7-10(6-8)13-2)11-3-4-14-12-11/h3-7H,1-2H3. The molecule has 1 aromatic heterocycles. The highest BCUT2D eigenvalue weighted by molar-refractivity contribution is 5.61. The van der Waals surface area contributed by atoms with Crippen molar-refractivity contribution in [2.75, 3.05) is 7.11 Å². The minimum Gasteiger partial charge on any atom is -0.497 e. The average Bonchev–Trinajstić information content (AvgIpc) is 2.69. The van der Waals surface area contributed by atoms with E-state index >= 15 is 0 Å². The van der Waals surface area contributed by atoms with Gasteiger partial charge < -0.3 is 9.26 Å². The van der Waals surface area contributed by atoms with E-state index in [9.17, 15) is 0 Å². The zero-order chi connectivity index (χ0) is 9.97. The van der Waals surface area contributed by atoms with E-state index < -0.39 is 0 Å². The van der Waals surface area contributed by atoms with E-state index in [0.29, 0.717) is 0 Å². The van der Waals surface area contributed by atoms with Crippen LogP contribution in [0.25, 0.3) is 11.3 Å². The third-order valence-electron chi connectivity index (χ3n) is 2.02. The van der Waals surface area contributed by atoms with Crippen LogP contribution in [0, 0.1) is 6.92 Å². The maximum atomic E-state index is 5.18. The summed E-state index contributed by atoms with van der Waals surface area (Å²) < 4.78 is 9.97. The molecule has 1 aromatic carbocycles. The van der Waals surface area contributed by atoms with Crippen molar-refractivity contribution in [1.82, 2.24) is 5.16 Å². The highest BCUT2D eigenvalue weighted by Gasteiger charge is 2.03. The molecule has 0 saturated carbocycles. The first-order valence-electron chi connectivity index (χ1n) is 4.36. The van der Waals surface area contributed by atoms with Gasteiger partial charge in [0.2, 0.25) is 0 Å². The summed E-state index contributed by atoms with van der Waals surface area (Å²) in [5.41, 5.74) is 2.98. The average molecular weight is 189 g/mol. The molecule has 0 aliphatic rings. The second kappa shape index (κ2) is 3.54. The van der Waals surface area contributed by atoms with E-state index in [1.807, 2.05) is 31.2 Å². The zero-order valence-corrected chi connectivity index (χ0v) is 8.15. The summed E-state index contributed by atoms with van der Waals surface area (Å²) in [5.74, 6) is 0.836. The zero-order valence-electron chi connectivity index (χ0n) is 8.15. The second-order valence-corrected chi connectivity index (χ2v) is 3.12. The largest absolute Gasteiger partial charge is 0.497 e. The molecular formula is C11H11NO2. The maximum absolute atomic E-state index is 5.18. The summed E-state index contributed by atoms with van der Waals surface area (Å²) in [4.78, 5) is 0. The van der Waals surface area contributed by atoms with E-state index in [2.05, 4.69) is 5.16 Å². The minimum atomic E-state index is 0.826. The molecular weight excluding hydrogens is 178 g/mol. The lowest BCUT2D eigenvalue weighted by Gasteiger charge is -2.03. The Morgan fingerprint density at radius 3 is 2.79 bits per heavy atom. The van der Waals surface area contributed by atoms with Crippen LogP contribution in [0.1, 0.15) is 5.56 Å². The predicted molar refractivity (Wildman–Crippen MR) is 53.2 cm³/mol. The number of aromatic nitrogens is 1. The van der Waals surface area contributed by atoms with Crippen molar-refractivity contribution < 1.29 is 9.26 Å². The van der Waals surface area contributed by atoms with E-state index in [1.165, 1.54) is 0 Å². The number of aryl methyl sites for hydroxylation is 1. The van der Waals surface area contributed by atoms with Gasteiger partial charge in [-0.2, -0.15) is 0 Å². The van der Waals surface area contributed by atoms with E-state index in [-0.39, 0.29) is 0 Å². The van der Waals surface area contributed by atoms with Crippen molar-refractivity contribution in [3.8, 4) is 17.0 Å². The van der Waals surface area contributed by atoms with Gasteiger partial charge in [-0.1, -0.05) is 5.16 Å². The SMILES string of the molecule is COc1cc(C)cc(-c2ccon2)c1. The van der Waals surface area contributed by atoms with Gasteiger partial charge in [-0.05, 0) is 30.7 Å². The summed E-state index contributed by atoms with van der Waals surface area (Å²) in [5, 5.41) is 3.87. The maximum Gasteiger partial charge on any atom is 0.124 e. The molecule has 2 rings (SSSR count). The topological polar surface area (TPSA) is 35.3 Å². The normalized spacial score (nSPS) is 10.1. The third-order valence-corrected chi connectivity index (χ3v) is 2.02. The number of methoxy groups -OCH3 is 1. The number of hydrogen-bond acceptors (Lipinski definition) is 3. The first-order valence-corrected chi connectivity index (χ1v) is 4.36. The molecule has 72 valence electrons. The minimum absolute atomic E-state index is 0.826. The smallest absolute Gasteiger partial charge is 0.124 e. The van der Waals surface area contributed by atoms with E-state index in [1.54, 1.807) is 13.4 Å². The molecule has 0 bridgehead atoms. The number of rotatable bonds is 2. The van der Waals surface area contributed by atoms with Crippen molar-refractivity contribution in [2.24, 2.45) is 0 Å². The van der Waals surface area contributed by atoms with Crippen molar-refractivity contribution in [2.45, 2.75) is 6.92 Å². The highest BCUT2D eigenvalue weighted by atomic mass is 16.5. The molecule has 0 atom stereocenters. The van der Waals surface area contributed by atoms with Gasteiger partial charge in [-0.15, -0.1) is 0 Å². The van der Waals surface area contributed by atoms with Crippen LogP contribution in [0.15, 0.2) is 35.1 Å². The Morgan fingerprint density at radius 1 is 1.29 bits per heavy atom. The molecule has 0 aliphatic heterocycles. The molecule has 0 fully saturated rings. The first-order chi connectivity index (χ1) is 6.79. The lowest BCUT2D eigenvalue weighted by Crippen LogP contribution is -1.86. The fourth-order valence-corrected chi connectivity index (χ4v) is 1.38. The molecule has 0 N–H and O–H groups in total. The molecule has 0 aliphatic carbocycles. The van der Waals surface area contributed by atoms with Gasteiger partial charge in [0.15, 0.2) is 0 Å². The Hall–Kier alpha value is -1.77. The Balaban J connectivity index is 2.48. The van der Waals surface area contributed by atoms with Crippen molar-refractivity contribution in [3.05, 3.63) is 36.1 Å². The summed E-state index contributed by atoms with van der Waals surface area (Å²) in [6.45, 7) is 2.02. The van der Waals surface area contributed by atoms with Gasteiger partial charge in [-0.3, -0.25) is 0 Å². The molecule has 14 heavy (non-hydrogen) atoms. The fourth-order valence-electron chi connectivity index (χ4n) is 1.38. The van der Waals surface area contributed by atoms with Crippen molar-refractivity contribution in [3.63, 3.8) is 0 Å². The summed E-state index contributed by atoms with van der Waals surface area (Å²) in [7, 11) is 1.65. The van der Waals surface area contributed by atoms with Crippen molar-refractivity contribution >= 4 is 0 Å². The van der Waals surface area contributed by atoms with E-state index in [0.717, 1.165) is 22.6 Å². The fraction of sp³-hybridized carbons (Fsp3) is 0.182. The number of ether oxygens (including phenoxy) is 1. The molecule has 0 saturated heterocycles. The van der Waals surface area contributed by atoms with Gasteiger partial charge in [0.25, 0.3) is 0 Å². The van der Waals surface area contributed by atoms with Crippen LogP contribution in [0.2, 0.25) is 0 Å². The van der Waals surface area contributed by atoms with Gasteiger partial charge in [0, 0.05) is 11.6 Å². The molecule has 0 spiro atoms. The van der Waals surface area contributed by atoms with Crippen LogP contribution >= 0.6 is 0 Å². The molecule has 0 unspecified atom stereocenters. The Bertz CT molecular complexity index is 421. The lowest BCUT2D eigenvalue weighted by molar-refractivity contribution is 0.414. The lowest BCUT2D eigenvalue weighted by atomic mass is 10.1. The van der Waals surface area contributed by atoms with Crippen molar-refractivity contribution in [1.29, 1.82) is 0 Å². The third kappa shape index (κ3) is 1.62. The van der Waals surface area contributed by atoms with Gasteiger partial charge in [0.05, 0.1) is 7.11 Å². The molecule has 3 heteroatoms. The number of benzene rings is 1. The van der Waals surface area contributed by atoms with Crippen LogP contribution in [-0.4, -0.2) is 12.3 Å². The summed E-state index contributed by atoms with van der Waals surface area (Å²) in [6.07, 6.45) is 1.56. The molecule has 3 nitrogen and oxygen atoms in total. The van der Waals surface area contributed by atoms with Crippen LogP contribution in [0.3, 0.4) is 0 Å². The Kier molecular flexibility index (Phi) is 2.23. The van der Waals surface area contributed by atoms with Gasteiger partial charge in [-0.25, -0.2) is 0 Å². The molecule has 0 amide bonds. The first kappa shape index (κ1) is 8.81. The number of hydrogen-bond donors (Lipinski definition) is 0. The molecule has 0 radical (unpaired) electrons. The van der Waals surface area contributed by atoms with Crippen LogP contribution in [0.5, 0.6) is 5.75 Å². The van der Waals surface area contributed by atoms with Gasteiger partial charge in [0.1, 0.15) is 17.7 Å². The number of nitrogens with zero attached hydrogens (tertiary/aromatic N) is 1. The Labute approximate surface area is 82.3 Å². The van der Waals surface area contributed by atoms with Crippen LogP contribution in [0.4, 0.5) is 0 Å². The molecule has 2 aromatic rings. The quantitative estimate of drug-likeness (QED) is 0.728. The highest BCUT2D eigenvalue weighted by Crippen LogP contribution is 2.24. The van der Waals surface area contributed by atoms with Crippen LogP contribution in [-0.2, 0) is 0 Å². The predicted octanol–water partition coefficient (Wildman–Crippen LogP) is 2.66. The summed E-state index contributed by atoms with van der Waals surface area (Å²) >= 11 is 0. The Morgan fingerprint density at radius 2 is 2.14 bits per heavy atom. The van der Waals surface area contributed by atoms with E-state index in [4.69, 9.17) is 9.26 Å². The van der Waals surface area contributed by atoms with Crippen LogP contribution < -0.4 is 4.74 Å². The van der Waals surface area contributed by atoms with Gasteiger partial charge >= 0.3 is 0 Å². The summed E-state index contributed by atoms with van der Waals surface area (Å²) in [6, 6.07) is 7.78.